The van der Waals surface area contributed by atoms with Gasteiger partial charge in [-0.1, -0.05) is 43.4 Å². The number of benzene rings is 1. The highest BCUT2D eigenvalue weighted by molar-refractivity contribution is 7.89. The van der Waals surface area contributed by atoms with Crippen molar-refractivity contribution in [3.8, 4) is 0 Å². The number of nitrogens with two attached hydrogens (primary N) is 1. The summed E-state index contributed by atoms with van der Waals surface area (Å²) in [5.41, 5.74) is 6.37. The van der Waals surface area contributed by atoms with Gasteiger partial charge in [-0.05, 0) is 30.5 Å². The van der Waals surface area contributed by atoms with Crippen LogP contribution in [0.4, 0.5) is 0 Å². The molecule has 1 aromatic carbocycles. The maximum absolute atomic E-state index is 12.8. The standard InChI is InChI=1S/C15H23ClN2O2S/c1-18(13-6-4-2-3-5-7-13)21(19,20)15-10-12(11-17)8-9-14(15)16/h8-10,13H,2-7,11,17H2,1H3. The third-order valence-corrected chi connectivity index (χ3v) is 6.62. The van der Waals surface area contributed by atoms with Crippen LogP contribution in [0.2, 0.25) is 5.02 Å². The van der Waals surface area contributed by atoms with E-state index in [2.05, 4.69) is 0 Å². The molecular weight excluding hydrogens is 308 g/mol. The molecule has 0 saturated heterocycles. The third-order valence-electron chi connectivity index (χ3n) is 4.23. The number of hydrogen-bond acceptors (Lipinski definition) is 3. The Kier molecular flexibility index (Phi) is 5.66. The lowest BCUT2D eigenvalue weighted by Gasteiger charge is -2.27. The molecule has 0 radical (unpaired) electrons. The molecule has 1 aromatic rings. The molecule has 0 spiro atoms. The Balaban J connectivity index is 2.31. The summed E-state index contributed by atoms with van der Waals surface area (Å²) >= 11 is 6.11. The van der Waals surface area contributed by atoms with E-state index in [0.29, 0.717) is 6.54 Å². The first-order valence-corrected chi connectivity index (χ1v) is 9.25. The van der Waals surface area contributed by atoms with E-state index in [4.69, 9.17) is 17.3 Å². The monoisotopic (exact) mass is 330 g/mol. The van der Waals surface area contributed by atoms with Crippen LogP contribution in [0.25, 0.3) is 0 Å². The minimum absolute atomic E-state index is 0.0649. The number of nitrogens with zero attached hydrogens (tertiary/aromatic N) is 1. The lowest BCUT2D eigenvalue weighted by Crippen LogP contribution is -2.36. The predicted molar refractivity (Wildman–Crippen MR) is 85.8 cm³/mol. The van der Waals surface area contributed by atoms with Gasteiger partial charge >= 0.3 is 0 Å². The first-order valence-electron chi connectivity index (χ1n) is 7.43. The molecule has 21 heavy (non-hydrogen) atoms. The van der Waals surface area contributed by atoms with Crippen molar-refractivity contribution in [1.29, 1.82) is 0 Å². The molecule has 0 atom stereocenters. The Morgan fingerprint density at radius 1 is 1.24 bits per heavy atom. The van der Waals surface area contributed by atoms with Crippen LogP contribution in [-0.4, -0.2) is 25.8 Å². The number of sulfonamides is 1. The molecule has 0 aromatic heterocycles. The Morgan fingerprint density at radius 3 is 2.43 bits per heavy atom. The summed E-state index contributed by atoms with van der Waals surface area (Å²) in [5, 5.41) is 0.257. The molecule has 1 aliphatic carbocycles. The lowest BCUT2D eigenvalue weighted by molar-refractivity contribution is 0.335. The van der Waals surface area contributed by atoms with E-state index in [1.165, 1.54) is 17.1 Å². The fourth-order valence-electron chi connectivity index (χ4n) is 2.85. The highest BCUT2D eigenvalue weighted by Crippen LogP contribution is 2.29. The zero-order chi connectivity index (χ0) is 15.5. The van der Waals surface area contributed by atoms with E-state index in [1.54, 1.807) is 25.2 Å². The van der Waals surface area contributed by atoms with E-state index >= 15 is 0 Å². The average molecular weight is 331 g/mol. The second-order valence-electron chi connectivity index (χ2n) is 5.64. The summed E-state index contributed by atoms with van der Waals surface area (Å²) in [6.45, 7) is 0.298. The topological polar surface area (TPSA) is 63.4 Å². The van der Waals surface area contributed by atoms with Crippen molar-refractivity contribution in [2.75, 3.05) is 7.05 Å². The molecule has 0 unspecified atom stereocenters. The minimum atomic E-state index is -3.57. The van der Waals surface area contributed by atoms with Gasteiger partial charge in [0.25, 0.3) is 0 Å². The molecule has 1 fully saturated rings. The van der Waals surface area contributed by atoms with Crippen LogP contribution >= 0.6 is 11.6 Å². The van der Waals surface area contributed by atoms with Crippen LogP contribution in [0.3, 0.4) is 0 Å². The van der Waals surface area contributed by atoms with Crippen LogP contribution < -0.4 is 5.73 Å². The summed E-state index contributed by atoms with van der Waals surface area (Å²) in [7, 11) is -1.91. The van der Waals surface area contributed by atoms with Gasteiger partial charge in [0.05, 0.1) is 5.02 Å². The molecular formula is C15H23ClN2O2S. The van der Waals surface area contributed by atoms with E-state index in [-0.39, 0.29) is 16.0 Å². The highest BCUT2D eigenvalue weighted by Gasteiger charge is 2.30. The van der Waals surface area contributed by atoms with Crippen LogP contribution in [0.1, 0.15) is 44.1 Å². The van der Waals surface area contributed by atoms with Crippen molar-refractivity contribution >= 4 is 21.6 Å². The van der Waals surface area contributed by atoms with Crippen molar-refractivity contribution < 1.29 is 8.42 Å². The normalized spacial score (nSPS) is 17.9. The Bertz CT molecular complexity index is 581. The van der Waals surface area contributed by atoms with Gasteiger partial charge in [-0.15, -0.1) is 0 Å². The Morgan fingerprint density at radius 2 is 1.86 bits per heavy atom. The van der Waals surface area contributed by atoms with Gasteiger partial charge in [-0.25, -0.2) is 8.42 Å². The van der Waals surface area contributed by atoms with E-state index in [1.807, 2.05) is 0 Å². The number of rotatable bonds is 4. The molecule has 118 valence electrons. The number of hydrogen-bond donors (Lipinski definition) is 1. The van der Waals surface area contributed by atoms with Gasteiger partial charge in [0.2, 0.25) is 10.0 Å². The molecule has 0 bridgehead atoms. The molecule has 0 aliphatic heterocycles. The predicted octanol–water partition coefficient (Wildman–Crippen LogP) is 3.14. The largest absolute Gasteiger partial charge is 0.326 e. The summed E-state index contributed by atoms with van der Waals surface area (Å²) < 4.78 is 27.2. The molecule has 6 heteroatoms. The van der Waals surface area contributed by atoms with E-state index < -0.39 is 10.0 Å². The summed E-state index contributed by atoms with van der Waals surface area (Å²) in [4.78, 5) is 0.166. The first-order chi connectivity index (χ1) is 9.96. The van der Waals surface area contributed by atoms with Crippen LogP contribution in [-0.2, 0) is 16.6 Å². The maximum atomic E-state index is 12.8. The zero-order valence-electron chi connectivity index (χ0n) is 12.4. The smallest absolute Gasteiger partial charge is 0.244 e. The molecule has 2 rings (SSSR count). The lowest BCUT2D eigenvalue weighted by atomic mass is 10.1. The van der Waals surface area contributed by atoms with Crippen LogP contribution in [0.15, 0.2) is 23.1 Å². The van der Waals surface area contributed by atoms with Crippen molar-refractivity contribution in [3.63, 3.8) is 0 Å². The van der Waals surface area contributed by atoms with Crippen LogP contribution in [0.5, 0.6) is 0 Å². The summed E-state index contributed by atoms with van der Waals surface area (Å²) in [5.74, 6) is 0. The fraction of sp³-hybridized carbons (Fsp3) is 0.600. The molecule has 2 N–H and O–H groups in total. The van der Waals surface area contributed by atoms with Gasteiger partial charge in [-0.2, -0.15) is 4.31 Å². The van der Waals surface area contributed by atoms with Gasteiger partial charge in [0.1, 0.15) is 4.90 Å². The second kappa shape index (κ2) is 7.09. The van der Waals surface area contributed by atoms with Crippen molar-refractivity contribution in [3.05, 3.63) is 28.8 Å². The van der Waals surface area contributed by atoms with E-state index in [9.17, 15) is 8.42 Å². The van der Waals surface area contributed by atoms with Crippen LogP contribution in [0, 0.1) is 0 Å². The van der Waals surface area contributed by atoms with Crippen molar-refractivity contribution in [2.24, 2.45) is 5.73 Å². The summed E-state index contributed by atoms with van der Waals surface area (Å²) in [6.07, 6.45) is 6.39. The minimum Gasteiger partial charge on any atom is -0.326 e. The highest BCUT2D eigenvalue weighted by atomic mass is 35.5. The fourth-order valence-corrected chi connectivity index (χ4v) is 4.78. The summed E-state index contributed by atoms with van der Waals surface area (Å²) in [6, 6.07) is 5.02. The molecule has 0 heterocycles. The third kappa shape index (κ3) is 3.77. The maximum Gasteiger partial charge on any atom is 0.244 e. The SMILES string of the molecule is CN(C1CCCCCC1)S(=O)(=O)c1cc(CN)ccc1Cl. The van der Waals surface area contributed by atoms with Crippen molar-refractivity contribution in [2.45, 2.75) is 56.0 Å². The number of halogens is 1. The molecule has 1 aliphatic rings. The molecule has 1 saturated carbocycles. The zero-order valence-corrected chi connectivity index (χ0v) is 14.0. The average Bonchev–Trinajstić information content (AvgIpc) is 2.75. The Hall–Kier alpha value is -0.620. The van der Waals surface area contributed by atoms with Gasteiger partial charge in [0, 0.05) is 19.6 Å². The first kappa shape index (κ1) is 16.7. The quantitative estimate of drug-likeness (QED) is 0.862. The van der Waals surface area contributed by atoms with Crippen molar-refractivity contribution in [1.82, 2.24) is 4.31 Å². The second-order valence-corrected chi connectivity index (χ2v) is 8.01. The molecule has 0 amide bonds. The molecule has 4 nitrogen and oxygen atoms in total. The van der Waals surface area contributed by atoms with E-state index in [0.717, 1.165) is 31.2 Å². The van der Waals surface area contributed by atoms with Gasteiger partial charge in [-0.3, -0.25) is 0 Å². The van der Waals surface area contributed by atoms with Gasteiger partial charge in [0.15, 0.2) is 0 Å². The van der Waals surface area contributed by atoms with Gasteiger partial charge < -0.3 is 5.73 Å². The Labute approximate surface area is 132 Å².